The summed E-state index contributed by atoms with van der Waals surface area (Å²) in [5.74, 6) is -0.292. The number of amides is 1. The van der Waals surface area contributed by atoms with Crippen LogP contribution in [0, 0.1) is 6.92 Å². The topological polar surface area (TPSA) is 66.5 Å². The Labute approximate surface area is 141 Å². The van der Waals surface area contributed by atoms with Gasteiger partial charge < -0.3 is 5.32 Å². The van der Waals surface area contributed by atoms with Gasteiger partial charge in [0.05, 0.1) is 11.9 Å². The minimum atomic E-state index is -3.53. The fourth-order valence-electron chi connectivity index (χ4n) is 2.08. The predicted octanol–water partition coefficient (Wildman–Crippen LogP) is 2.83. The third-order valence-corrected chi connectivity index (χ3v) is 5.50. The van der Waals surface area contributed by atoms with E-state index in [0.717, 1.165) is 33.4 Å². The van der Waals surface area contributed by atoms with Crippen LogP contribution in [-0.4, -0.2) is 33.2 Å². The molecule has 0 saturated heterocycles. The first-order valence-electron chi connectivity index (χ1n) is 7.22. The first kappa shape index (κ1) is 19.0. The maximum absolute atomic E-state index is 12.1. The summed E-state index contributed by atoms with van der Waals surface area (Å²) in [5.41, 5.74) is 1.40. The van der Waals surface area contributed by atoms with Crippen molar-refractivity contribution >= 4 is 37.5 Å². The van der Waals surface area contributed by atoms with Crippen LogP contribution in [0.2, 0.25) is 0 Å². The van der Waals surface area contributed by atoms with Gasteiger partial charge >= 0.3 is 0 Å². The summed E-state index contributed by atoms with van der Waals surface area (Å²) in [6.45, 7) is 5.64. The Morgan fingerprint density at radius 1 is 1.32 bits per heavy atom. The molecular weight excluding hydrogens is 368 g/mol. The maximum atomic E-state index is 12.1. The Kier molecular flexibility index (Phi) is 6.87. The van der Waals surface area contributed by atoms with Crippen molar-refractivity contribution < 1.29 is 13.2 Å². The van der Waals surface area contributed by atoms with E-state index in [4.69, 9.17) is 0 Å². The number of aryl methyl sites for hydroxylation is 1. The number of nitrogens with one attached hydrogen (secondary N) is 1. The number of nitrogens with zero attached hydrogens (tertiary/aromatic N) is 1. The molecule has 5 nitrogen and oxygen atoms in total. The minimum Gasteiger partial charge on any atom is -0.352 e. The Morgan fingerprint density at radius 3 is 2.36 bits per heavy atom. The molecule has 1 rings (SSSR count). The molecule has 1 aromatic carbocycles. The Hall–Kier alpha value is -1.08. The van der Waals surface area contributed by atoms with Gasteiger partial charge in [-0.3, -0.25) is 9.10 Å². The third kappa shape index (κ3) is 5.28. The first-order valence-corrected chi connectivity index (χ1v) is 9.86. The standard InChI is InChI=1S/C15H23BrN2O3S/c1-5-12(6-2)17-15(19)10-18(22(4,20)21)13-7-8-14(16)11(3)9-13/h7-9,12H,5-6,10H2,1-4H3,(H,17,19). The van der Waals surface area contributed by atoms with E-state index in [1.54, 1.807) is 18.2 Å². The molecule has 7 heteroatoms. The Bertz CT molecular complexity index is 628. The van der Waals surface area contributed by atoms with Crippen molar-refractivity contribution in [2.75, 3.05) is 17.1 Å². The molecule has 0 aromatic heterocycles. The zero-order chi connectivity index (χ0) is 16.9. The van der Waals surface area contributed by atoms with Gasteiger partial charge in [0, 0.05) is 10.5 Å². The smallest absolute Gasteiger partial charge is 0.240 e. The molecule has 0 bridgehead atoms. The fourth-order valence-corrected chi connectivity index (χ4v) is 3.18. The molecule has 1 N–H and O–H groups in total. The van der Waals surface area contributed by atoms with Gasteiger partial charge in [0.15, 0.2) is 0 Å². The monoisotopic (exact) mass is 390 g/mol. The van der Waals surface area contributed by atoms with Crippen LogP contribution in [0.15, 0.2) is 22.7 Å². The van der Waals surface area contributed by atoms with E-state index in [9.17, 15) is 13.2 Å². The number of sulfonamides is 1. The number of rotatable bonds is 7. The summed E-state index contributed by atoms with van der Waals surface area (Å²) in [5, 5.41) is 2.86. The molecule has 124 valence electrons. The van der Waals surface area contributed by atoms with Crippen LogP contribution in [0.25, 0.3) is 0 Å². The lowest BCUT2D eigenvalue weighted by atomic mass is 10.2. The highest BCUT2D eigenvalue weighted by molar-refractivity contribution is 9.10. The highest BCUT2D eigenvalue weighted by atomic mass is 79.9. The predicted molar refractivity (Wildman–Crippen MR) is 93.6 cm³/mol. The van der Waals surface area contributed by atoms with E-state index in [2.05, 4.69) is 21.2 Å². The van der Waals surface area contributed by atoms with Crippen molar-refractivity contribution in [1.29, 1.82) is 0 Å². The molecule has 0 aliphatic rings. The number of halogens is 1. The normalized spacial score (nSPS) is 11.5. The van der Waals surface area contributed by atoms with Gasteiger partial charge in [0.2, 0.25) is 15.9 Å². The van der Waals surface area contributed by atoms with Crippen molar-refractivity contribution in [3.63, 3.8) is 0 Å². The molecule has 0 spiro atoms. The number of hydrogen-bond acceptors (Lipinski definition) is 3. The maximum Gasteiger partial charge on any atom is 0.240 e. The molecule has 0 unspecified atom stereocenters. The highest BCUT2D eigenvalue weighted by Crippen LogP contribution is 2.24. The van der Waals surface area contributed by atoms with Gasteiger partial charge in [0.1, 0.15) is 6.54 Å². The fraction of sp³-hybridized carbons (Fsp3) is 0.533. The Balaban J connectivity index is 3.00. The largest absolute Gasteiger partial charge is 0.352 e. The molecule has 0 aliphatic heterocycles. The molecule has 0 radical (unpaired) electrons. The second-order valence-electron chi connectivity index (χ2n) is 5.28. The molecular formula is C15H23BrN2O3S. The average Bonchev–Trinajstić information content (AvgIpc) is 2.44. The summed E-state index contributed by atoms with van der Waals surface area (Å²) in [6.07, 6.45) is 2.74. The number of hydrogen-bond donors (Lipinski definition) is 1. The molecule has 0 saturated carbocycles. The number of benzene rings is 1. The molecule has 22 heavy (non-hydrogen) atoms. The van der Waals surface area contributed by atoms with E-state index in [0.29, 0.717) is 5.69 Å². The van der Waals surface area contributed by atoms with E-state index in [1.807, 2.05) is 20.8 Å². The summed E-state index contributed by atoms with van der Waals surface area (Å²) >= 11 is 3.38. The minimum absolute atomic E-state index is 0.0700. The van der Waals surface area contributed by atoms with Gasteiger partial charge in [0.25, 0.3) is 0 Å². The van der Waals surface area contributed by atoms with E-state index in [1.165, 1.54) is 0 Å². The lowest BCUT2D eigenvalue weighted by molar-refractivity contribution is -0.120. The summed E-state index contributed by atoms with van der Waals surface area (Å²) in [4.78, 5) is 12.1. The van der Waals surface area contributed by atoms with Gasteiger partial charge in [-0.05, 0) is 43.5 Å². The third-order valence-electron chi connectivity index (χ3n) is 3.47. The van der Waals surface area contributed by atoms with E-state index >= 15 is 0 Å². The number of carbonyl (C=O) groups is 1. The van der Waals surface area contributed by atoms with Gasteiger partial charge in [-0.1, -0.05) is 29.8 Å². The van der Waals surface area contributed by atoms with Crippen LogP contribution in [0.3, 0.4) is 0 Å². The summed E-state index contributed by atoms with van der Waals surface area (Å²) < 4.78 is 26.1. The molecule has 0 atom stereocenters. The molecule has 0 fully saturated rings. The molecule has 0 aliphatic carbocycles. The van der Waals surface area contributed by atoms with E-state index in [-0.39, 0.29) is 18.5 Å². The van der Waals surface area contributed by atoms with Crippen LogP contribution in [-0.2, 0) is 14.8 Å². The number of anilines is 1. The van der Waals surface area contributed by atoms with Gasteiger partial charge in [-0.15, -0.1) is 0 Å². The average molecular weight is 391 g/mol. The summed E-state index contributed by atoms with van der Waals surface area (Å²) in [6, 6.07) is 5.28. The SMILES string of the molecule is CCC(CC)NC(=O)CN(c1ccc(Br)c(C)c1)S(C)(=O)=O. The quantitative estimate of drug-likeness (QED) is 0.777. The number of carbonyl (C=O) groups excluding carboxylic acids is 1. The second-order valence-corrected chi connectivity index (χ2v) is 8.05. The van der Waals surface area contributed by atoms with Crippen molar-refractivity contribution in [3.8, 4) is 0 Å². The van der Waals surface area contributed by atoms with Crippen molar-refractivity contribution in [2.24, 2.45) is 0 Å². The van der Waals surface area contributed by atoms with Crippen LogP contribution in [0.1, 0.15) is 32.3 Å². The zero-order valence-corrected chi connectivity index (χ0v) is 15.8. The van der Waals surface area contributed by atoms with Crippen LogP contribution < -0.4 is 9.62 Å². The van der Waals surface area contributed by atoms with Crippen LogP contribution >= 0.6 is 15.9 Å². The van der Waals surface area contributed by atoms with Crippen molar-refractivity contribution in [1.82, 2.24) is 5.32 Å². The van der Waals surface area contributed by atoms with Crippen molar-refractivity contribution in [3.05, 3.63) is 28.2 Å². The highest BCUT2D eigenvalue weighted by Gasteiger charge is 2.22. The molecule has 0 heterocycles. The first-order chi connectivity index (χ1) is 10.2. The van der Waals surface area contributed by atoms with Crippen LogP contribution in [0.5, 0.6) is 0 Å². The second kappa shape index (κ2) is 7.97. The zero-order valence-electron chi connectivity index (χ0n) is 13.4. The lowest BCUT2D eigenvalue weighted by Gasteiger charge is -2.24. The summed E-state index contributed by atoms with van der Waals surface area (Å²) in [7, 11) is -3.53. The molecule has 1 amide bonds. The lowest BCUT2D eigenvalue weighted by Crippen LogP contribution is -2.43. The van der Waals surface area contributed by atoms with Gasteiger partial charge in [-0.2, -0.15) is 0 Å². The Morgan fingerprint density at radius 2 is 1.91 bits per heavy atom. The van der Waals surface area contributed by atoms with E-state index < -0.39 is 10.0 Å². The van der Waals surface area contributed by atoms with Crippen molar-refractivity contribution in [2.45, 2.75) is 39.7 Å². The van der Waals surface area contributed by atoms with Crippen LogP contribution in [0.4, 0.5) is 5.69 Å². The molecule has 1 aromatic rings. The van der Waals surface area contributed by atoms with Gasteiger partial charge in [-0.25, -0.2) is 8.42 Å².